The zero-order chi connectivity index (χ0) is 21.3. The Hall–Kier alpha value is -2.57. The van der Waals surface area contributed by atoms with E-state index in [1.807, 2.05) is 44.2 Å². The van der Waals surface area contributed by atoms with Crippen LogP contribution in [0.2, 0.25) is 0 Å². The predicted octanol–water partition coefficient (Wildman–Crippen LogP) is 3.44. The third kappa shape index (κ3) is 8.41. The van der Waals surface area contributed by atoms with E-state index in [9.17, 15) is 14.4 Å². The number of ether oxygens (including phenoxy) is 2. The Morgan fingerprint density at radius 3 is 2.21 bits per heavy atom. The Balaban J connectivity index is 2.92. The number of benzene rings is 1. The summed E-state index contributed by atoms with van der Waals surface area (Å²) >= 11 is 0. The quantitative estimate of drug-likeness (QED) is 0.685. The molecule has 1 unspecified atom stereocenters. The van der Waals surface area contributed by atoms with E-state index >= 15 is 0 Å². The van der Waals surface area contributed by atoms with Gasteiger partial charge in [0.1, 0.15) is 5.60 Å². The van der Waals surface area contributed by atoms with E-state index < -0.39 is 17.7 Å². The van der Waals surface area contributed by atoms with Gasteiger partial charge in [-0.05, 0) is 40.2 Å². The summed E-state index contributed by atoms with van der Waals surface area (Å²) in [5, 5.41) is 2.79. The van der Waals surface area contributed by atoms with Crippen LogP contribution in [0.15, 0.2) is 30.3 Å². The fourth-order valence-electron chi connectivity index (χ4n) is 2.66. The van der Waals surface area contributed by atoms with Gasteiger partial charge in [0, 0.05) is 12.6 Å². The van der Waals surface area contributed by atoms with Crippen LogP contribution in [-0.2, 0) is 19.1 Å². The first-order valence-corrected chi connectivity index (χ1v) is 9.44. The minimum atomic E-state index is -0.639. The van der Waals surface area contributed by atoms with Crippen LogP contribution in [0.4, 0.5) is 4.79 Å². The van der Waals surface area contributed by atoms with Gasteiger partial charge in [-0.2, -0.15) is 0 Å². The van der Waals surface area contributed by atoms with E-state index in [0.29, 0.717) is 0 Å². The van der Waals surface area contributed by atoms with Crippen molar-refractivity contribution in [1.29, 1.82) is 0 Å². The highest BCUT2D eigenvalue weighted by molar-refractivity contribution is 5.79. The van der Waals surface area contributed by atoms with Crippen molar-refractivity contribution >= 4 is 18.0 Å². The molecule has 7 heteroatoms. The van der Waals surface area contributed by atoms with Crippen LogP contribution in [0.25, 0.3) is 0 Å². The molecule has 28 heavy (non-hydrogen) atoms. The van der Waals surface area contributed by atoms with Crippen molar-refractivity contribution in [3.05, 3.63) is 35.9 Å². The molecule has 0 aromatic heterocycles. The average molecular weight is 392 g/mol. The van der Waals surface area contributed by atoms with Crippen LogP contribution < -0.4 is 5.32 Å². The Kier molecular flexibility index (Phi) is 8.96. The summed E-state index contributed by atoms with van der Waals surface area (Å²) in [6.07, 6.45) is -0.404. The van der Waals surface area contributed by atoms with Crippen molar-refractivity contribution in [3.63, 3.8) is 0 Å². The molecular formula is C21H32N2O5. The molecule has 1 aromatic carbocycles. The van der Waals surface area contributed by atoms with Crippen molar-refractivity contribution in [2.75, 3.05) is 13.7 Å². The summed E-state index contributed by atoms with van der Waals surface area (Å²) in [6.45, 7) is 9.37. The molecule has 0 aliphatic carbocycles. The maximum absolute atomic E-state index is 12.9. The highest BCUT2D eigenvalue weighted by atomic mass is 16.6. The van der Waals surface area contributed by atoms with Gasteiger partial charge < -0.3 is 19.7 Å². The molecule has 0 radical (unpaired) electrons. The van der Waals surface area contributed by atoms with Crippen LogP contribution in [0.1, 0.15) is 59.1 Å². The Morgan fingerprint density at radius 1 is 1.11 bits per heavy atom. The molecule has 0 saturated heterocycles. The number of methoxy groups -OCH3 is 1. The number of carbonyl (C=O) groups excluding carboxylic acids is 3. The van der Waals surface area contributed by atoms with Gasteiger partial charge in [-0.15, -0.1) is 0 Å². The number of nitrogens with zero attached hydrogens (tertiary/aromatic N) is 1. The van der Waals surface area contributed by atoms with Gasteiger partial charge in [0.25, 0.3) is 0 Å². The Morgan fingerprint density at radius 2 is 1.71 bits per heavy atom. The van der Waals surface area contributed by atoms with Crippen LogP contribution in [-0.4, -0.2) is 48.2 Å². The number of esters is 1. The van der Waals surface area contributed by atoms with Crippen molar-refractivity contribution < 1.29 is 23.9 Å². The van der Waals surface area contributed by atoms with Gasteiger partial charge >= 0.3 is 12.1 Å². The minimum absolute atomic E-state index is 0.0581. The number of rotatable bonds is 8. The van der Waals surface area contributed by atoms with Crippen molar-refractivity contribution in [3.8, 4) is 0 Å². The smallest absolute Gasteiger partial charge is 0.408 e. The Bertz CT molecular complexity index is 653. The highest BCUT2D eigenvalue weighted by Crippen LogP contribution is 2.20. The summed E-state index contributed by atoms with van der Waals surface area (Å²) < 4.78 is 10.00. The first-order chi connectivity index (χ1) is 13.0. The molecule has 1 N–H and O–H groups in total. The normalized spacial score (nSPS) is 12.2. The topological polar surface area (TPSA) is 84.9 Å². The van der Waals surface area contributed by atoms with Crippen LogP contribution in [0.5, 0.6) is 0 Å². The standard InChI is InChI=1S/C21H32N2O5/c1-15(2)23(13-12-19(25)27-6)18(24)14-17(16-10-8-7-9-11-16)22-20(26)28-21(3,4)5/h7-11,15,17H,12-14H2,1-6H3,(H,22,26). The molecule has 1 aromatic rings. The second-order valence-corrected chi connectivity index (χ2v) is 7.82. The van der Waals surface area contributed by atoms with Gasteiger partial charge in [-0.25, -0.2) is 4.79 Å². The number of hydrogen-bond acceptors (Lipinski definition) is 5. The molecule has 0 heterocycles. The minimum Gasteiger partial charge on any atom is -0.469 e. The number of nitrogens with one attached hydrogen (secondary N) is 1. The first-order valence-electron chi connectivity index (χ1n) is 9.44. The SMILES string of the molecule is COC(=O)CCN(C(=O)CC(NC(=O)OC(C)(C)C)c1ccccc1)C(C)C. The van der Waals surface area contributed by atoms with Gasteiger partial charge in [0.05, 0.1) is 26.0 Å². The van der Waals surface area contributed by atoms with Crippen molar-refractivity contribution in [2.45, 2.75) is 65.1 Å². The maximum atomic E-state index is 12.9. The predicted molar refractivity (Wildman–Crippen MR) is 107 cm³/mol. The highest BCUT2D eigenvalue weighted by Gasteiger charge is 2.26. The van der Waals surface area contributed by atoms with Crippen LogP contribution in [0, 0.1) is 0 Å². The first kappa shape index (κ1) is 23.5. The molecule has 2 amide bonds. The monoisotopic (exact) mass is 392 g/mol. The number of carbonyl (C=O) groups is 3. The summed E-state index contributed by atoms with van der Waals surface area (Å²) in [5.41, 5.74) is 0.165. The summed E-state index contributed by atoms with van der Waals surface area (Å²) in [6, 6.07) is 8.64. The molecule has 0 saturated carbocycles. The lowest BCUT2D eigenvalue weighted by Crippen LogP contribution is -2.42. The van der Waals surface area contributed by atoms with Gasteiger partial charge in [-0.3, -0.25) is 9.59 Å². The van der Waals surface area contributed by atoms with Gasteiger partial charge in [0.2, 0.25) is 5.91 Å². The summed E-state index contributed by atoms with van der Waals surface area (Å²) in [4.78, 5) is 38.2. The van der Waals surface area contributed by atoms with E-state index in [2.05, 4.69) is 10.1 Å². The third-order valence-electron chi connectivity index (χ3n) is 4.00. The van der Waals surface area contributed by atoms with Crippen LogP contribution in [0.3, 0.4) is 0 Å². The lowest BCUT2D eigenvalue weighted by atomic mass is 10.0. The molecule has 1 atom stereocenters. The van der Waals surface area contributed by atoms with Crippen LogP contribution >= 0.6 is 0 Å². The molecule has 0 fully saturated rings. The number of hydrogen-bond donors (Lipinski definition) is 1. The summed E-state index contributed by atoms with van der Waals surface area (Å²) in [7, 11) is 1.32. The number of alkyl carbamates (subject to hydrolysis) is 1. The lowest BCUT2D eigenvalue weighted by Gasteiger charge is -2.29. The molecular weight excluding hydrogens is 360 g/mol. The summed E-state index contributed by atoms with van der Waals surface area (Å²) in [5.74, 6) is -0.534. The zero-order valence-electron chi connectivity index (χ0n) is 17.7. The fraction of sp³-hybridized carbons (Fsp3) is 0.571. The van der Waals surface area contributed by atoms with E-state index in [-0.39, 0.29) is 37.3 Å². The molecule has 1 rings (SSSR count). The molecule has 0 spiro atoms. The molecule has 0 bridgehead atoms. The largest absolute Gasteiger partial charge is 0.469 e. The molecule has 7 nitrogen and oxygen atoms in total. The van der Waals surface area contributed by atoms with E-state index in [0.717, 1.165) is 5.56 Å². The van der Waals surface area contributed by atoms with Crippen molar-refractivity contribution in [2.24, 2.45) is 0 Å². The third-order valence-corrected chi connectivity index (χ3v) is 4.00. The van der Waals surface area contributed by atoms with Crippen molar-refractivity contribution in [1.82, 2.24) is 10.2 Å². The van der Waals surface area contributed by atoms with Gasteiger partial charge in [0.15, 0.2) is 0 Å². The van der Waals surface area contributed by atoms with E-state index in [4.69, 9.17) is 4.74 Å². The second-order valence-electron chi connectivity index (χ2n) is 7.82. The lowest BCUT2D eigenvalue weighted by molar-refractivity contribution is -0.142. The fourth-order valence-corrected chi connectivity index (χ4v) is 2.66. The molecule has 0 aliphatic rings. The zero-order valence-corrected chi connectivity index (χ0v) is 17.7. The molecule has 0 aliphatic heterocycles. The van der Waals surface area contributed by atoms with E-state index in [1.165, 1.54) is 7.11 Å². The van der Waals surface area contributed by atoms with E-state index in [1.54, 1.807) is 25.7 Å². The maximum Gasteiger partial charge on any atom is 0.408 e. The van der Waals surface area contributed by atoms with Gasteiger partial charge in [-0.1, -0.05) is 30.3 Å². The molecule has 156 valence electrons. The Labute approximate surface area is 167 Å². The average Bonchev–Trinajstić information content (AvgIpc) is 2.59. The second kappa shape index (κ2) is 10.7. The number of amides is 2.